The zero-order chi connectivity index (χ0) is 8.97. The van der Waals surface area contributed by atoms with Crippen molar-refractivity contribution in [3.05, 3.63) is 35.4 Å². The number of hydrogen-bond donors (Lipinski definition) is 3. The van der Waals surface area contributed by atoms with E-state index in [1.54, 1.807) is 12.1 Å². The van der Waals surface area contributed by atoms with Crippen LogP contribution in [-0.4, -0.2) is 16.2 Å². The first-order valence-corrected chi connectivity index (χ1v) is 3.42. The Morgan fingerprint density at radius 1 is 1.33 bits per heavy atom. The lowest BCUT2D eigenvalue weighted by atomic mass is 10.1. The number of hydrogen-bond acceptors (Lipinski definition) is 3. The molecule has 0 atom stereocenters. The predicted molar refractivity (Wildman–Crippen MR) is 41.6 cm³/mol. The Kier molecular flexibility index (Phi) is 2.79. The van der Waals surface area contributed by atoms with Crippen LogP contribution in [0.2, 0.25) is 0 Å². The zero-order valence-corrected chi connectivity index (χ0v) is 6.32. The minimum absolute atomic E-state index is 0.0545. The second kappa shape index (κ2) is 3.85. The predicted octanol–water partition coefficient (Wildman–Crippen LogP) is 0.298. The highest BCUT2D eigenvalue weighted by Gasteiger charge is 2.01. The average molecular weight is 167 g/mol. The molecule has 0 aliphatic heterocycles. The first-order chi connectivity index (χ1) is 5.77. The molecule has 0 fully saturated rings. The van der Waals surface area contributed by atoms with Gasteiger partial charge in [0, 0.05) is 5.56 Å². The lowest BCUT2D eigenvalue weighted by Gasteiger charge is -1.99. The van der Waals surface area contributed by atoms with E-state index in [4.69, 9.17) is 10.3 Å². The molecule has 1 aromatic rings. The van der Waals surface area contributed by atoms with Crippen LogP contribution in [0.1, 0.15) is 15.9 Å². The number of carbonyl (C=O) groups is 1. The maximum Gasteiger partial charge on any atom is 0.274 e. The first kappa shape index (κ1) is 8.70. The van der Waals surface area contributed by atoms with Gasteiger partial charge in [0.2, 0.25) is 0 Å². The Morgan fingerprint density at radius 2 is 1.92 bits per heavy atom. The second-order valence-corrected chi connectivity index (χ2v) is 2.30. The molecular formula is C8H9NO3. The molecule has 0 unspecified atom stereocenters. The van der Waals surface area contributed by atoms with Crippen LogP contribution >= 0.6 is 0 Å². The van der Waals surface area contributed by atoms with E-state index < -0.39 is 5.91 Å². The Labute approximate surface area is 69.4 Å². The molecule has 1 rings (SSSR count). The van der Waals surface area contributed by atoms with Crippen LogP contribution in [0.3, 0.4) is 0 Å². The maximum atomic E-state index is 10.8. The summed E-state index contributed by atoms with van der Waals surface area (Å²) >= 11 is 0. The van der Waals surface area contributed by atoms with Gasteiger partial charge in [-0.1, -0.05) is 12.1 Å². The summed E-state index contributed by atoms with van der Waals surface area (Å²) in [5.74, 6) is -0.556. The Morgan fingerprint density at radius 3 is 2.33 bits per heavy atom. The van der Waals surface area contributed by atoms with Crippen molar-refractivity contribution in [2.45, 2.75) is 6.61 Å². The Hall–Kier alpha value is -1.39. The summed E-state index contributed by atoms with van der Waals surface area (Å²) in [5.41, 5.74) is 2.60. The van der Waals surface area contributed by atoms with Crippen LogP contribution in [0.5, 0.6) is 0 Å². The molecule has 4 nitrogen and oxygen atoms in total. The van der Waals surface area contributed by atoms with E-state index in [0.29, 0.717) is 5.56 Å². The molecule has 0 spiro atoms. The lowest BCUT2D eigenvalue weighted by molar-refractivity contribution is 0.0706. The van der Waals surface area contributed by atoms with Gasteiger partial charge in [-0.2, -0.15) is 0 Å². The quantitative estimate of drug-likeness (QED) is 0.438. The van der Waals surface area contributed by atoms with Crippen LogP contribution < -0.4 is 5.48 Å². The van der Waals surface area contributed by atoms with Crippen molar-refractivity contribution in [2.75, 3.05) is 0 Å². The number of aliphatic hydroxyl groups excluding tert-OH is 1. The van der Waals surface area contributed by atoms with Crippen LogP contribution in [-0.2, 0) is 6.61 Å². The third-order valence-corrected chi connectivity index (χ3v) is 1.50. The van der Waals surface area contributed by atoms with E-state index in [0.717, 1.165) is 5.56 Å². The fraction of sp³-hybridized carbons (Fsp3) is 0.125. The summed E-state index contributed by atoms with van der Waals surface area (Å²) in [6, 6.07) is 6.28. The minimum atomic E-state index is -0.556. The molecule has 12 heavy (non-hydrogen) atoms. The van der Waals surface area contributed by atoms with Crippen molar-refractivity contribution in [1.29, 1.82) is 0 Å². The van der Waals surface area contributed by atoms with E-state index in [1.807, 2.05) is 0 Å². The molecule has 0 saturated heterocycles. The van der Waals surface area contributed by atoms with Gasteiger partial charge in [-0.25, -0.2) is 5.48 Å². The summed E-state index contributed by atoms with van der Waals surface area (Å²) in [6.45, 7) is -0.0545. The van der Waals surface area contributed by atoms with E-state index >= 15 is 0 Å². The van der Waals surface area contributed by atoms with Gasteiger partial charge in [0.1, 0.15) is 0 Å². The number of aliphatic hydroxyl groups is 1. The van der Waals surface area contributed by atoms with Crippen molar-refractivity contribution in [3.8, 4) is 0 Å². The summed E-state index contributed by atoms with van der Waals surface area (Å²) in [7, 11) is 0. The molecule has 0 saturated carbocycles. The SMILES string of the molecule is O=C(NO)c1ccc(CO)cc1. The van der Waals surface area contributed by atoms with E-state index in [1.165, 1.54) is 17.6 Å². The van der Waals surface area contributed by atoms with Gasteiger partial charge in [-0.15, -0.1) is 0 Å². The average Bonchev–Trinajstić information content (AvgIpc) is 2.17. The fourth-order valence-corrected chi connectivity index (χ4v) is 0.826. The van der Waals surface area contributed by atoms with E-state index in [9.17, 15) is 4.79 Å². The highest BCUT2D eigenvalue weighted by Crippen LogP contribution is 2.03. The number of rotatable bonds is 2. The van der Waals surface area contributed by atoms with Crippen LogP contribution in [0.4, 0.5) is 0 Å². The zero-order valence-electron chi connectivity index (χ0n) is 6.32. The van der Waals surface area contributed by atoms with Crippen molar-refractivity contribution < 1.29 is 15.1 Å². The van der Waals surface area contributed by atoms with Gasteiger partial charge < -0.3 is 5.11 Å². The molecule has 1 aromatic carbocycles. The smallest absolute Gasteiger partial charge is 0.274 e. The van der Waals surface area contributed by atoms with Gasteiger partial charge in [-0.05, 0) is 17.7 Å². The molecular weight excluding hydrogens is 158 g/mol. The number of hydroxylamine groups is 1. The largest absolute Gasteiger partial charge is 0.392 e. The van der Waals surface area contributed by atoms with Crippen LogP contribution in [0.15, 0.2) is 24.3 Å². The van der Waals surface area contributed by atoms with Crippen molar-refractivity contribution in [3.63, 3.8) is 0 Å². The van der Waals surface area contributed by atoms with Gasteiger partial charge in [0.25, 0.3) is 5.91 Å². The Bertz CT molecular complexity index is 268. The summed E-state index contributed by atoms with van der Waals surface area (Å²) in [6.07, 6.45) is 0. The second-order valence-electron chi connectivity index (χ2n) is 2.30. The van der Waals surface area contributed by atoms with Gasteiger partial charge in [-0.3, -0.25) is 10.0 Å². The van der Waals surface area contributed by atoms with Crippen molar-refractivity contribution in [1.82, 2.24) is 5.48 Å². The number of nitrogens with one attached hydrogen (secondary N) is 1. The molecule has 0 heterocycles. The third kappa shape index (κ3) is 1.81. The normalized spacial score (nSPS) is 9.50. The maximum absolute atomic E-state index is 10.8. The van der Waals surface area contributed by atoms with Crippen molar-refractivity contribution in [2.24, 2.45) is 0 Å². The highest BCUT2D eigenvalue weighted by molar-refractivity contribution is 5.93. The van der Waals surface area contributed by atoms with Gasteiger partial charge in [0.15, 0.2) is 0 Å². The summed E-state index contributed by atoms with van der Waals surface area (Å²) < 4.78 is 0. The highest BCUT2D eigenvalue weighted by atomic mass is 16.5. The van der Waals surface area contributed by atoms with Crippen molar-refractivity contribution >= 4 is 5.91 Å². The van der Waals surface area contributed by atoms with Crippen LogP contribution in [0, 0.1) is 0 Å². The number of carbonyl (C=O) groups excluding carboxylic acids is 1. The summed E-state index contributed by atoms with van der Waals surface area (Å²) in [5, 5.41) is 16.9. The Balaban J connectivity index is 2.84. The molecule has 0 aliphatic rings. The molecule has 0 aromatic heterocycles. The van der Waals surface area contributed by atoms with E-state index in [-0.39, 0.29) is 6.61 Å². The molecule has 0 radical (unpaired) electrons. The molecule has 0 aliphatic carbocycles. The van der Waals surface area contributed by atoms with Gasteiger partial charge in [0.05, 0.1) is 6.61 Å². The molecule has 3 N–H and O–H groups in total. The molecule has 0 bridgehead atoms. The topological polar surface area (TPSA) is 69.6 Å². The third-order valence-electron chi connectivity index (χ3n) is 1.50. The van der Waals surface area contributed by atoms with E-state index in [2.05, 4.69) is 0 Å². The first-order valence-electron chi connectivity index (χ1n) is 3.42. The fourth-order valence-electron chi connectivity index (χ4n) is 0.826. The number of benzene rings is 1. The summed E-state index contributed by atoms with van der Waals surface area (Å²) in [4.78, 5) is 10.8. The number of amides is 1. The molecule has 64 valence electrons. The van der Waals surface area contributed by atoms with Crippen LogP contribution in [0.25, 0.3) is 0 Å². The minimum Gasteiger partial charge on any atom is -0.392 e. The van der Waals surface area contributed by atoms with Gasteiger partial charge >= 0.3 is 0 Å². The standard InChI is InChI=1S/C8H9NO3/c10-5-6-1-3-7(4-2-6)8(11)9-12/h1-4,10,12H,5H2,(H,9,11). The monoisotopic (exact) mass is 167 g/mol. The lowest BCUT2D eigenvalue weighted by Crippen LogP contribution is -2.18. The molecule has 1 amide bonds. The molecule has 4 heteroatoms.